The first-order valence-electron chi connectivity index (χ1n) is 14.5. The van der Waals surface area contributed by atoms with Gasteiger partial charge in [-0.05, 0) is 54.9 Å². The van der Waals surface area contributed by atoms with E-state index in [4.69, 9.17) is 19.9 Å². The van der Waals surface area contributed by atoms with Crippen LogP contribution < -0.4 is 20.7 Å². The molecule has 0 unspecified atom stereocenters. The summed E-state index contributed by atoms with van der Waals surface area (Å²) in [5, 5.41) is 3.27. The number of nitrogens with zero attached hydrogens (tertiary/aromatic N) is 3. The largest absolute Gasteiger partial charge is 0.465 e. The minimum atomic E-state index is -4.74. The average Bonchev–Trinajstić information content (AvgIpc) is 3.59. The van der Waals surface area contributed by atoms with Gasteiger partial charge in [-0.1, -0.05) is 30.3 Å². The van der Waals surface area contributed by atoms with Crippen LogP contribution >= 0.6 is 0 Å². The van der Waals surface area contributed by atoms with Gasteiger partial charge in [0.1, 0.15) is 18.5 Å². The molecule has 3 aliphatic heterocycles. The first-order chi connectivity index (χ1) is 21.0. The van der Waals surface area contributed by atoms with E-state index in [2.05, 4.69) is 15.3 Å². The molecule has 2 atom stereocenters. The lowest BCUT2D eigenvalue weighted by molar-refractivity contribution is -0.198. The molecule has 44 heavy (non-hydrogen) atoms. The molecule has 2 fully saturated rings. The summed E-state index contributed by atoms with van der Waals surface area (Å²) in [6.45, 7) is 4.13. The second kappa shape index (κ2) is 11.6. The fourth-order valence-electron chi connectivity index (χ4n) is 6.18. The maximum atomic E-state index is 14.3. The number of carbonyl (C=O) groups is 2. The smallest absolute Gasteiger partial charge is 0.429 e. The molecule has 13 heteroatoms. The Morgan fingerprint density at radius 1 is 1.14 bits per heavy atom. The zero-order valence-corrected chi connectivity index (χ0v) is 24.0. The Kier molecular flexibility index (Phi) is 7.82. The molecular formula is C31H32F3N5O5. The fraction of sp³-hybridized carbons (Fsp3) is 0.419. The Bertz CT molecular complexity index is 1560. The molecule has 1 spiro atoms. The molecule has 3 aromatic rings. The van der Waals surface area contributed by atoms with Crippen LogP contribution in [0, 0.1) is 5.41 Å². The Labute approximate surface area is 251 Å². The van der Waals surface area contributed by atoms with Gasteiger partial charge in [-0.3, -0.25) is 4.79 Å². The number of aromatic nitrogens is 2. The van der Waals surface area contributed by atoms with Gasteiger partial charge in [0.2, 0.25) is 17.9 Å². The number of nitrogens with two attached hydrogens (primary N) is 1. The summed E-state index contributed by atoms with van der Waals surface area (Å²) in [5.41, 5.74) is 8.39. The lowest BCUT2D eigenvalue weighted by Crippen LogP contribution is -2.41. The summed E-state index contributed by atoms with van der Waals surface area (Å²) < 4.78 is 58.5. The summed E-state index contributed by atoms with van der Waals surface area (Å²) in [6.07, 6.45) is -4.83. The van der Waals surface area contributed by atoms with E-state index in [0.717, 1.165) is 24.0 Å². The van der Waals surface area contributed by atoms with Crippen LogP contribution in [0.2, 0.25) is 0 Å². The minimum Gasteiger partial charge on any atom is -0.465 e. The van der Waals surface area contributed by atoms with Gasteiger partial charge in [0.05, 0.1) is 12.2 Å². The topological polar surface area (TPSA) is 129 Å². The van der Waals surface area contributed by atoms with Crippen molar-refractivity contribution in [2.24, 2.45) is 5.41 Å². The first kappa shape index (κ1) is 29.7. The van der Waals surface area contributed by atoms with Crippen molar-refractivity contribution < 1.29 is 37.0 Å². The van der Waals surface area contributed by atoms with Gasteiger partial charge in [-0.15, -0.1) is 0 Å². The van der Waals surface area contributed by atoms with Crippen molar-refractivity contribution in [2.45, 2.75) is 51.1 Å². The molecule has 232 valence electrons. The number of hydrogen-bond acceptors (Lipinski definition) is 10. The Morgan fingerprint density at radius 3 is 2.57 bits per heavy atom. The van der Waals surface area contributed by atoms with Crippen LogP contribution in [-0.4, -0.2) is 60.4 Å². The number of ether oxygens (including phenoxy) is 3. The average molecular weight is 612 g/mol. The molecule has 1 aromatic heterocycles. The van der Waals surface area contributed by atoms with Gasteiger partial charge in [-0.2, -0.15) is 23.1 Å². The van der Waals surface area contributed by atoms with E-state index in [0.29, 0.717) is 49.6 Å². The fourth-order valence-corrected chi connectivity index (χ4v) is 6.18. The molecule has 10 nitrogen and oxygen atoms in total. The number of halogens is 3. The Morgan fingerprint density at radius 2 is 1.86 bits per heavy atom. The number of rotatable bonds is 7. The normalized spacial score (nSPS) is 19.9. The quantitative estimate of drug-likeness (QED) is 0.366. The molecule has 0 bridgehead atoms. The molecule has 2 saturated heterocycles. The predicted octanol–water partition coefficient (Wildman–Crippen LogP) is 4.59. The molecule has 4 heterocycles. The van der Waals surface area contributed by atoms with Crippen LogP contribution in [0.1, 0.15) is 53.8 Å². The van der Waals surface area contributed by atoms with E-state index in [1.807, 2.05) is 4.90 Å². The molecule has 3 aliphatic rings. The number of nitrogen functional groups attached to an aromatic ring is 1. The summed E-state index contributed by atoms with van der Waals surface area (Å²) in [5.74, 6) is -0.738. The third-order valence-electron chi connectivity index (χ3n) is 8.55. The maximum absolute atomic E-state index is 14.3. The van der Waals surface area contributed by atoms with Crippen molar-refractivity contribution in [2.75, 3.05) is 36.9 Å². The highest BCUT2D eigenvalue weighted by atomic mass is 19.4. The van der Waals surface area contributed by atoms with Crippen molar-refractivity contribution in [3.8, 4) is 17.0 Å². The van der Waals surface area contributed by atoms with Crippen LogP contribution in [0.25, 0.3) is 11.1 Å². The van der Waals surface area contributed by atoms with Gasteiger partial charge in [0.25, 0.3) is 0 Å². The number of esters is 2. The van der Waals surface area contributed by atoms with Crippen LogP contribution in [0.3, 0.4) is 0 Å². The molecule has 2 aromatic carbocycles. The van der Waals surface area contributed by atoms with Gasteiger partial charge in [0.15, 0.2) is 0 Å². The number of carbonyl (C=O) groups excluding carboxylic acids is 2. The van der Waals surface area contributed by atoms with E-state index in [-0.39, 0.29) is 47.4 Å². The van der Waals surface area contributed by atoms with E-state index in [1.54, 1.807) is 37.3 Å². The zero-order chi connectivity index (χ0) is 31.1. The molecule has 0 saturated carbocycles. The van der Waals surface area contributed by atoms with Gasteiger partial charge in [-0.25, -0.2) is 4.79 Å². The lowest BCUT2D eigenvalue weighted by atomic mass is 9.76. The number of cyclic esters (lactones) is 1. The van der Waals surface area contributed by atoms with E-state index < -0.39 is 12.3 Å². The van der Waals surface area contributed by atoms with Crippen molar-refractivity contribution >= 4 is 23.7 Å². The molecule has 0 amide bonds. The number of alkyl halides is 3. The Hall–Kier alpha value is -4.39. The van der Waals surface area contributed by atoms with Crippen molar-refractivity contribution in [1.82, 2.24) is 15.3 Å². The molecule has 6 rings (SSSR count). The van der Waals surface area contributed by atoms with Crippen LogP contribution in [0.5, 0.6) is 5.88 Å². The third kappa shape index (κ3) is 6.01. The third-order valence-corrected chi connectivity index (χ3v) is 8.55. The minimum absolute atomic E-state index is 0.0651. The monoisotopic (exact) mass is 611 g/mol. The molecule has 0 aliphatic carbocycles. The van der Waals surface area contributed by atoms with Gasteiger partial charge in [0, 0.05) is 36.8 Å². The van der Waals surface area contributed by atoms with Crippen LogP contribution in [-0.2, 0) is 20.9 Å². The van der Waals surface area contributed by atoms with Crippen LogP contribution in [0.15, 0.2) is 48.5 Å². The summed E-state index contributed by atoms with van der Waals surface area (Å²) in [7, 11) is 0. The number of hydrogen-bond donors (Lipinski definition) is 2. The van der Waals surface area contributed by atoms with Crippen molar-refractivity contribution in [3.63, 3.8) is 0 Å². The second-order valence-electron chi connectivity index (χ2n) is 11.4. The number of anilines is 2. The van der Waals surface area contributed by atoms with Crippen molar-refractivity contribution in [3.05, 3.63) is 65.2 Å². The molecular weight excluding hydrogens is 579 g/mol. The molecule has 3 N–H and O–H groups in total. The Balaban J connectivity index is 1.16. The highest BCUT2D eigenvalue weighted by molar-refractivity contribution is 5.94. The predicted molar refractivity (Wildman–Crippen MR) is 154 cm³/mol. The lowest BCUT2D eigenvalue weighted by Gasteiger charge is -2.39. The number of nitrogens with one attached hydrogen (secondary N) is 1. The van der Waals surface area contributed by atoms with Crippen molar-refractivity contribution in [1.29, 1.82) is 0 Å². The standard InChI is InChI=1S/C31H32F3N5O5/c1-2-42-28(41)23-15-30(17-36-23)9-11-39(12-10-30)24-14-25(38-29(35)37-24)44-26(31(32,33)34)19-5-3-18(4-6-19)20-7-8-22-21(13-20)16-43-27(22)40/h3-8,13-14,23,26,36H,2,9-12,15-17H2,1H3,(H2,35,37,38)/t23-,26+/m0/s1. The van der Waals surface area contributed by atoms with E-state index in [1.165, 1.54) is 18.2 Å². The first-order valence-corrected chi connectivity index (χ1v) is 14.5. The highest BCUT2D eigenvalue weighted by Crippen LogP contribution is 2.42. The van der Waals surface area contributed by atoms with Gasteiger partial charge >= 0.3 is 18.1 Å². The number of piperidine rings is 1. The van der Waals surface area contributed by atoms with E-state index in [9.17, 15) is 22.8 Å². The number of benzene rings is 2. The molecule has 0 radical (unpaired) electrons. The van der Waals surface area contributed by atoms with E-state index >= 15 is 0 Å². The SMILES string of the molecule is CCOC(=O)[C@@H]1CC2(CCN(c3cc(O[C@H](c4ccc(-c5ccc6c(c5)COC6=O)cc4)C(F)(F)F)nc(N)n3)CC2)CN1. The zero-order valence-electron chi connectivity index (χ0n) is 24.0. The highest BCUT2D eigenvalue weighted by Gasteiger charge is 2.45. The maximum Gasteiger partial charge on any atom is 0.429 e. The second-order valence-corrected chi connectivity index (χ2v) is 11.4. The summed E-state index contributed by atoms with van der Waals surface area (Å²) >= 11 is 0. The van der Waals surface area contributed by atoms with Gasteiger partial charge < -0.3 is 30.2 Å². The summed E-state index contributed by atoms with van der Waals surface area (Å²) in [6, 6.07) is 12.1. The number of fused-ring (bicyclic) bond motifs is 1. The van der Waals surface area contributed by atoms with Crippen LogP contribution in [0.4, 0.5) is 24.9 Å². The summed E-state index contributed by atoms with van der Waals surface area (Å²) in [4.78, 5) is 34.1.